The summed E-state index contributed by atoms with van der Waals surface area (Å²) in [4.78, 5) is 14.8. The maximum Gasteiger partial charge on any atom is 0.574 e. The number of alkyl halides is 3. The molecule has 0 N–H and O–H groups in total. The molecule has 0 saturated heterocycles. The van der Waals surface area contributed by atoms with Crippen LogP contribution >= 0.6 is 0 Å². The number of halogens is 3. The molecule has 0 bridgehead atoms. The first-order chi connectivity index (χ1) is 8.28. The van der Waals surface area contributed by atoms with Gasteiger partial charge < -0.3 is 14.2 Å². The smallest absolute Gasteiger partial charge is 0.494 e. The molecule has 0 aliphatic carbocycles. The van der Waals surface area contributed by atoms with Gasteiger partial charge in [0.05, 0.1) is 14.2 Å². The first kappa shape index (κ1) is 14.1. The van der Waals surface area contributed by atoms with E-state index in [-0.39, 0.29) is 17.0 Å². The third-order valence-corrected chi connectivity index (χ3v) is 1.94. The van der Waals surface area contributed by atoms with Crippen LogP contribution in [0.25, 0.3) is 0 Å². The second kappa shape index (κ2) is 5.11. The zero-order valence-electron chi connectivity index (χ0n) is 9.79. The molecule has 0 spiro atoms. The highest BCUT2D eigenvalue weighted by Crippen LogP contribution is 2.29. The topological polar surface area (TPSA) is 57.7 Å². The molecule has 0 amide bonds. The Morgan fingerprint density at radius 3 is 2.39 bits per heavy atom. The highest BCUT2D eigenvalue weighted by Gasteiger charge is 2.33. The van der Waals surface area contributed by atoms with Crippen molar-refractivity contribution >= 4 is 5.97 Å². The molecule has 100 valence electrons. The second-order valence-electron chi connectivity index (χ2n) is 3.20. The quantitative estimate of drug-likeness (QED) is 0.783. The molecule has 5 nitrogen and oxygen atoms in total. The van der Waals surface area contributed by atoms with Crippen molar-refractivity contribution in [2.75, 3.05) is 14.2 Å². The van der Waals surface area contributed by atoms with Gasteiger partial charge in [-0.2, -0.15) is 0 Å². The molecule has 1 heterocycles. The lowest BCUT2D eigenvalue weighted by Gasteiger charge is -2.13. The van der Waals surface area contributed by atoms with Crippen LogP contribution in [-0.2, 0) is 4.74 Å². The van der Waals surface area contributed by atoms with Gasteiger partial charge in [0.1, 0.15) is 0 Å². The van der Waals surface area contributed by atoms with Gasteiger partial charge in [0.15, 0.2) is 11.4 Å². The monoisotopic (exact) mass is 265 g/mol. The van der Waals surface area contributed by atoms with E-state index in [2.05, 4.69) is 14.5 Å². The molecule has 18 heavy (non-hydrogen) atoms. The Kier molecular flexibility index (Phi) is 4.00. The minimum Gasteiger partial charge on any atom is -0.494 e. The van der Waals surface area contributed by atoms with E-state index in [9.17, 15) is 18.0 Å². The summed E-state index contributed by atoms with van der Waals surface area (Å²) in [5, 5.41) is 0. The third kappa shape index (κ3) is 3.25. The van der Waals surface area contributed by atoms with Crippen molar-refractivity contribution in [2.45, 2.75) is 13.3 Å². The van der Waals surface area contributed by atoms with Crippen LogP contribution in [0.4, 0.5) is 13.2 Å². The Labute approximate surface area is 100 Å². The van der Waals surface area contributed by atoms with Crippen LogP contribution < -0.4 is 9.47 Å². The van der Waals surface area contributed by atoms with Crippen molar-refractivity contribution in [2.24, 2.45) is 0 Å². The number of carbonyl (C=O) groups excluding carboxylic acids is 1. The van der Waals surface area contributed by atoms with E-state index in [1.54, 1.807) is 0 Å². The molecule has 0 aliphatic heterocycles. The Bertz CT molecular complexity index is 459. The van der Waals surface area contributed by atoms with Crippen LogP contribution in [0.3, 0.4) is 0 Å². The fraction of sp³-hybridized carbons (Fsp3) is 0.400. The number of hydrogen-bond acceptors (Lipinski definition) is 5. The van der Waals surface area contributed by atoms with E-state index >= 15 is 0 Å². The lowest BCUT2D eigenvalue weighted by Crippen LogP contribution is -2.19. The zero-order valence-corrected chi connectivity index (χ0v) is 9.79. The van der Waals surface area contributed by atoms with Gasteiger partial charge in [0, 0.05) is 6.07 Å². The predicted octanol–water partition coefficient (Wildman–Crippen LogP) is 2.08. The van der Waals surface area contributed by atoms with Crippen molar-refractivity contribution < 1.29 is 32.2 Å². The fourth-order valence-corrected chi connectivity index (χ4v) is 1.29. The summed E-state index contributed by atoms with van der Waals surface area (Å²) < 4.78 is 49.1. The summed E-state index contributed by atoms with van der Waals surface area (Å²) >= 11 is 0. The number of nitrogens with zero attached hydrogens (tertiary/aromatic N) is 1. The van der Waals surface area contributed by atoms with Crippen LogP contribution in [0.5, 0.6) is 11.6 Å². The van der Waals surface area contributed by atoms with Crippen LogP contribution in [0.1, 0.15) is 16.1 Å². The molecule has 8 heteroatoms. The van der Waals surface area contributed by atoms with Gasteiger partial charge in [-0.25, -0.2) is 9.78 Å². The molecular formula is C10H10F3NO4. The van der Waals surface area contributed by atoms with Crippen molar-refractivity contribution in [1.29, 1.82) is 0 Å². The van der Waals surface area contributed by atoms with Crippen LogP contribution in [0.15, 0.2) is 6.07 Å². The maximum atomic E-state index is 12.1. The van der Waals surface area contributed by atoms with Gasteiger partial charge in [-0.1, -0.05) is 0 Å². The number of esters is 1. The summed E-state index contributed by atoms with van der Waals surface area (Å²) in [6.45, 7) is 1.45. The van der Waals surface area contributed by atoms with E-state index in [0.29, 0.717) is 0 Å². The fourth-order valence-electron chi connectivity index (χ4n) is 1.29. The molecule has 1 aromatic heterocycles. The molecule has 0 fully saturated rings. The maximum absolute atomic E-state index is 12.1. The van der Waals surface area contributed by atoms with Crippen molar-refractivity contribution in [3.8, 4) is 11.6 Å². The third-order valence-electron chi connectivity index (χ3n) is 1.94. The summed E-state index contributed by atoms with van der Waals surface area (Å²) in [7, 11) is 2.34. The Balaban J connectivity index is 3.26. The van der Waals surface area contributed by atoms with Gasteiger partial charge in [0.2, 0.25) is 5.88 Å². The van der Waals surface area contributed by atoms with E-state index < -0.39 is 18.2 Å². The summed E-state index contributed by atoms with van der Waals surface area (Å²) in [6, 6.07) is 1.01. The number of hydrogen-bond donors (Lipinski definition) is 0. The van der Waals surface area contributed by atoms with E-state index in [1.807, 2.05) is 0 Å². The number of ether oxygens (including phenoxy) is 3. The van der Waals surface area contributed by atoms with Crippen LogP contribution in [-0.4, -0.2) is 31.5 Å². The number of aryl methyl sites for hydroxylation is 1. The van der Waals surface area contributed by atoms with Crippen molar-refractivity contribution in [1.82, 2.24) is 4.98 Å². The van der Waals surface area contributed by atoms with Crippen LogP contribution in [0, 0.1) is 6.92 Å². The molecular weight excluding hydrogens is 255 g/mol. The highest BCUT2D eigenvalue weighted by molar-refractivity contribution is 5.90. The summed E-state index contributed by atoms with van der Waals surface area (Å²) in [5.74, 6) is -1.62. The summed E-state index contributed by atoms with van der Waals surface area (Å²) in [6.07, 6.45) is -4.89. The van der Waals surface area contributed by atoms with Crippen LogP contribution in [0.2, 0.25) is 0 Å². The predicted molar refractivity (Wildman–Crippen MR) is 53.5 cm³/mol. The van der Waals surface area contributed by atoms with Gasteiger partial charge in [-0.05, 0) is 12.5 Å². The molecule has 0 aromatic carbocycles. The Morgan fingerprint density at radius 2 is 1.94 bits per heavy atom. The number of pyridine rings is 1. The molecule has 0 atom stereocenters. The SMILES string of the molecule is COC(=O)c1nc(OC(F)(F)F)cc(C)c1OC. The Morgan fingerprint density at radius 1 is 1.33 bits per heavy atom. The number of aromatic nitrogens is 1. The second-order valence-corrected chi connectivity index (χ2v) is 3.20. The first-order valence-electron chi connectivity index (χ1n) is 4.68. The van der Waals surface area contributed by atoms with Crippen molar-refractivity contribution in [3.63, 3.8) is 0 Å². The van der Waals surface area contributed by atoms with Gasteiger partial charge in [0.25, 0.3) is 0 Å². The van der Waals surface area contributed by atoms with E-state index in [0.717, 1.165) is 13.2 Å². The van der Waals surface area contributed by atoms with E-state index in [1.165, 1.54) is 14.0 Å². The number of methoxy groups -OCH3 is 2. The molecule has 1 rings (SSSR count). The minimum absolute atomic E-state index is 0.0383. The standard InChI is InChI=1S/C10H10F3NO4/c1-5-4-6(18-10(11,12)13)14-7(8(5)16-2)9(15)17-3/h4H,1-3H3. The Hall–Kier alpha value is -1.99. The molecule has 0 unspecified atom stereocenters. The average molecular weight is 265 g/mol. The first-order valence-corrected chi connectivity index (χ1v) is 4.68. The lowest BCUT2D eigenvalue weighted by molar-refractivity contribution is -0.276. The van der Waals surface area contributed by atoms with Gasteiger partial charge in [-0.15, -0.1) is 13.2 Å². The lowest BCUT2D eigenvalue weighted by atomic mass is 10.2. The molecule has 1 aromatic rings. The summed E-state index contributed by atoms with van der Waals surface area (Å²) in [5.41, 5.74) is -0.105. The molecule has 0 radical (unpaired) electrons. The van der Waals surface area contributed by atoms with Crippen molar-refractivity contribution in [3.05, 3.63) is 17.3 Å². The largest absolute Gasteiger partial charge is 0.574 e. The number of carbonyl (C=O) groups is 1. The highest BCUT2D eigenvalue weighted by atomic mass is 19.4. The zero-order chi connectivity index (χ0) is 13.9. The van der Waals surface area contributed by atoms with Gasteiger partial charge >= 0.3 is 12.3 Å². The minimum atomic E-state index is -4.89. The van der Waals surface area contributed by atoms with E-state index in [4.69, 9.17) is 4.74 Å². The average Bonchev–Trinajstić information content (AvgIpc) is 2.25. The molecule has 0 saturated carbocycles. The van der Waals surface area contributed by atoms with Gasteiger partial charge in [-0.3, -0.25) is 0 Å². The molecule has 0 aliphatic rings. The number of rotatable bonds is 3. The normalized spacial score (nSPS) is 11.0.